The third-order valence-corrected chi connectivity index (χ3v) is 5.38. The molecule has 0 unspecified atom stereocenters. The van der Waals surface area contributed by atoms with Gasteiger partial charge in [-0.15, -0.1) is 0 Å². The molecule has 1 aromatic heterocycles. The van der Waals surface area contributed by atoms with Crippen LogP contribution in [-0.4, -0.2) is 42.7 Å². The van der Waals surface area contributed by atoms with Crippen molar-refractivity contribution in [3.05, 3.63) is 63.2 Å². The van der Waals surface area contributed by atoms with Crippen LogP contribution in [0.2, 0.25) is 15.1 Å². The Hall–Kier alpha value is -2.78. The summed E-state index contributed by atoms with van der Waals surface area (Å²) in [5.74, 6) is -2.32. The molecule has 0 fully saturated rings. The molecule has 0 radical (unpaired) electrons. The minimum absolute atomic E-state index is 0.0777. The number of rotatable bonds is 7. The Bertz CT molecular complexity index is 1180. The maximum absolute atomic E-state index is 13.0. The van der Waals surface area contributed by atoms with Crippen LogP contribution in [0.5, 0.6) is 0 Å². The van der Waals surface area contributed by atoms with E-state index in [1.807, 2.05) is 0 Å². The second-order valence-electron chi connectivity index (χ2n) is 6.69. The number of carbonyl (C=O) groups excluding carboxylic acids is 3. The molecule has 0 aliphatic rings. The number of hydrogen-bond donors (Lipinski definition) is 3. The van der Waals surface area contributed by atoms with Gasteiger partial charge in [-0.3, -0.25) is 19.8 Å². The van der Waals surface area contributed by atoms with Gasteiger partial charge in [0.1, 0.15) is 5.69 Å². The van der Waals surface area contributed by atoms with E-state index in [4.69, 9.17) is 39.5 Å². The number of amides is 3. The Morgan fingerprint density at radius 3 is 2.47 bits per heavy atom. The summed E-state index contributed by atoms with van der Waals surface area (Å²) in [5, 5.41) is 6.85. The summed E-state index contributed by atoms with van der Waals surface area (Å²) < 4.78 is 6.14. The zero-order chi connectivity index (χ0) is 23.3. The maximum Gasteiger partial charge on any atom is 0.328 e. The van der Waals surface area contributed by atoms with Crippen molar-refractivity contribution in [3.63, 3.8) is 0 Å². The Labute approximate surface area is 198 Å². The molecule has 1 heterocycles. The number of methoxy groups -OCH3 is 1. The summed E-state index contributed by atoms with van der Waals surface area (Å²) in [6.45, 7) is 0.719. The Kier molecular flexibility index (Phi) is 7.98. The molecule has 3 rings (SSSR count). The molecular weight excluding hydrogens is 479 g/mol. The molecule has 0 aliphatic carbocycles. The first kappa shape index (κ1) is 23.9. The molecule has 3 aromatic rings. The molecule has 8 nitrogen and oxygen atoms in total. The fourth-order valence-electron chi connectivity index (χ4n) is 2.89. The van der Waals surface area contributed by atoms with Crippen LogP contribution in [0.1, 0.15) is 16.9 Å². The zero-order valence-corrected chi connectivity index (χ0v) is 19.1. The van der Waals surface area contributed by atoms with Crippen LogP contribution in [0.4, 0.5) is 5.69 Å². The van der Waals surface area contributed by atoms with Gasteiger partial charge in [-0.1, -0.05) is 34.8 Å². The quantitative estimate of drug-likeness (QED) is 0.338. The monoisotopic (exact) mass is 496 g/mol. The molecule has 0 aliphatic heterocycles. The van der Waals surface area contributed by atoms with Gasteiger partial charge in [-0.25, -0.2) is 4.68 Å². The van der Waals surface area contributed by atoms with Crippen LogP contribution in [-0.2, 0) is 14.3 Å². The standard InChI is InChI=1S/C21H19Cl3N4O4/c1-32-8-2-7-25-20(30)21(31)27-28-17-6-3-13(22)9-12(17)10-18(28)19(29)26-14-4-5-15(23)16(24)11-14/h3-6,9-11H,2,7-8H2,1H3,(H,25,30)(H,26,29)(H,27,31). The first-order valence-electron chi connectivity index (χ1n) is 9.45. The fraction of sp³-hybridized carbons (Fsp3) is 0.190. The molecule has 168 valence electrons. The second-order valence-corrected chi connectivity index (χ2v) is 7.95. The lowest BCUT2D eigenvalue weighted by atomic mass is 10.2. The molecule has 2 aromatic carbocycles. The SMILES string of the molecule is COCCCNC(=O)C(=O)Nn1c(C(=O)Nc2ccc(Cl)c(Cl)c2)cc2cc(Cl)ccc21. The van der Waals surface area contributed by atoms with E-state index in [0.29, 0.717) is 39.7 Å². The number of ether oxygens (including phenoxy) is 1. The summed E-state index contributed by atoms with van der Waals surface area (Å²) >= 11 is 18.0. The number of carbonyl (C=O) groups is 3. The van der Waals surface area contributed by atoms with Crippen LogP contribution < -0.4 is 16.1 Å². The van der Waals surface area contributed by atoms with Crippen molar-refractivity contribution >= 4 is 69.1 Å². The highest BCUT2D eigenvalue weighted by Crippen LogP contribution is 2.27. The van der Waals surface area contributed by atoms with E-state index in [-0.39, 0.29) is 17.3 Å². The van der Waals surface area contributed by atoms with Gasteiger partial charge in [0.2, 0.25) is 0 Å². The number of hydrogen-bond acceptors (Lipinski definition) is 4. The number of benzene rings is 2. The highest BCUT2D eigenvalue weighted by atomic mass is 35.5. The van der Waals surface area contributed by atoms with Gasteiger partial charge in [0.05, 0.1) is 15.6 Å². The van der Waals surface area contributed by atoms with Gasteiger partial charge in [0.15, 0.2) is 0 Å². The average molecular weight is 498 g/mol. The van der Waals surface area contributed by atoms with E-state index < -0.39 is 17.7 Å². The van der Waals surface area contributed by atoms with E-state index in [1.165, 1.54) is 10.7 Å². The first-order valence-corrected chi connectivity index (χ1v) is 10.6. The number of aromatic nitrogens is 1. The summed E-state index contributed by atoms with van der Waals surface area (Å²) in [6.07, 6.45) is 0.553. The van der Waals surface area contributed by atoms with Gasteiger partial charge >= 0.3 is 11.8 Å². The molecule has 32 heavy (non-hydrogen) atoms. The number of halogens is 3. The number of nitrogens with one attached hydrogen (secondary N) is 3. The number of fused-ring (bicyclic) bond motifs is 1. The molecule has 0 atom stereocenters. The van der Waals surface area contributed by atoms with Gasteiger partial charge in [-0.2, -0.15) is 0 Å². The third kappa shape index (κ3) is 5.72. The van der Waals surface area contributed by atoms with Gasteiger partial charge in [0.25, 0.3) is 5.91 Å². The highest BCUT2D eigenvalue weighted by Gasteiger charge is 2.21. The van der Waals surface area contributed by atoms with Crippen molar-refractivity contribution in [1.29, 1.82) is 0 Å². The molecule has 0 bridgehead atoms. The van der Waals surface area contributed by atoms with Crippen molar-refractivity contribution in [2.45, 2.75) is 6.42 Å². The van der Waals surface area contributed by atoms with Crippen LogP contribution in [0.3, 0.4) is 0 Å². The minimum Gasteiger partial charge on any atom is -0.385 e. The molecule has 11 heteroatoms. The predicted molar refractivity (Wildman–Crippen MR) is 125 cm³/mol. The van der Waals surface area contributed by atoms with Crippen LogP contribution in [0.15, 0.2) is 42.5 Å². The minimum atomic E-state index is -0.932. The van der Waals surface area contributed by atoms with Crippen molar-refractivity contribution in [1.82, 2.24) is 9.99 Å². The summed E-state index contributed by atoms with van der Waals surface area (Å²) in [7, 11) is 1.54. The largest absolute Gasteiger partial charge is 0.385 e. The van der Waals surface area contributed by atoms with E-state index >= 15 is 0 Å². The van der Waals surface area contributed by atoms with E-state index in [2.05, 4.69) is 16.1 Å². The third-order valence-electron chi connectivity index (χ3n) is 4.40. The summed E-state index contributed by atoms with van der Waals surface area (Å²) in [4.78, 5) is 37.5. The highest BCUT2D eigenvalue weighted by molar-refractivity contribution is 6.42. The lowest BCUT2D eigenvalue weighted by Gasteiger charge is -2.13. The molecule has 0 spiro atoms. The predicted octanol–water partition coefficient (Wildman–Crippen LogP) is 4.08. The first-order chi connectivity index (χ1) is 15.3. The van der Waals surface area contributed by atoms with Crippen molar-refractivity contribution in [3.8, 4) is 0 Å². The Morgan fingerprint density at radius 2 is 1.75 bits per heavy atom. The summed E-state index contributed by atoms with van der Waals surface area (Å²) in [5.41, 5.74) is 3.43. The molecular formula is C21H19Cl3N4O4. The van der Waals surface area contributed by atoms with Crippen molar-refractivity contribution < 1.29 is 19.1 Å². The van der Waals surface area contributed by atoms with E-state index in [9.17, 15) is 14.4 Å². The molecule has 3 N–H and O–H groups in total. The lowest BCUT2D eigenvalue weighted by molar-refractivity contribution is -0.136. The molecule has 0 saturated carbocycles. The van der Waals surface area contributed by atoms with Gasteiger partial charge in [-0.05, 0) is 48.9 Å². The van der Waals surface area contributed by atoms with Crippen molar-refractivity contribution in [2.75, 3.05) is 31.0 Å². The smallest absolute Gasteiger partial charge is 0.328 e. The summed E-state index contributed by atoms with van der Waals surface area (Å²) in [6, 6.07) is 11.1. The normalized spacial score (nSPS) is 10.8. The van der Waals surface area contributed by atoms with E-state index in [1.54, 1.807) is 43.5 Å². The number of anilines is 1. The maximum atomic E-state index is 13.0. The topological polar surface area (TPSA) is 101 Å². The Balaban J connectivity index is 1.86. The second kappa shape index (κ2) is 10.7. The van der Waals surface area contributed by atoms with Crippen molar-refractivity contribution in [2.24, 2.45) is 0 Å². The molecule has 0 saturated heterocycles. The van der Waals surface area contributed by atoms with Crippen LogP contribution >= 0.6 is 34.8 Å². The van der Waals surface area contributed by atoms with Crippen LogP contribution in [0.25, 0.3) is 10.9 Å². The lowest BCUT2D eigenvalue weighted by Crippen LogP contribution is -2.40. The fourth-order valence-corrected chi connectivity index (χ4v) is 3.37. The van der Waals surface area contributed by atoms with Crippen LogP contribution in [0, 0.1) is 0 Å². The van der Waals surface area contributed by atoms with E-state index in [0.717, 1.165) is 0 Å². The molecule has 3 amide bonds. The van der Waals surface area contributed by atoms with Gasteiger partial charge < -0.3 is 15.4 Å². The zero-order valence-electron chi connectivity index (χ0n) is 16.9. The number of nitrogens with zero attached hydrogens (tertiary/aromatic N) is 1. The Morgan fingerprint density at radius 1 is 0.969 bits per heavy atom. The average Bonchev–Trinajstić information content (AvgIpc) is 3.11. The van der Waals surface area contributed by atoms with Gasteiger partial charge in [0, 0.05) is 36.4 Å².